The van der Waals surface area contributed by atoms with Gasteiger partial charge < -0.3 is 14.8 Å². The number of aryl methyl sites for hydroxylation is 1. The van der Waals surface area contributed by atoms with Crippen LogP contribution in [0.4, 0.5) is 5.69 Å². The summed E-state index contributed by atoms with van der Waals surface area (Å²) < 4.78 is 12.4. The number of methoxy groups -OCH3 is 2. The maximum absolute atomic E-state index is 12.4. The Bertz CT molecular complexity index is 1190. The highest BCUT2D eigenvalue weighted by molar-refractivity contribution is 7.99. The lowest BCUT2D eigenvalue weighted by Crippen LogP contribution is -2.14. The zero-order valence-electron chi connectivity index (χ0n) is 16.3. The average molecular weight is 408 g/mol. The van der Waals surface area contributed by atoms with E-state index in [0.29, 0.717) is 5.16 Å². The number of ether oxygens (including phenoxy) is 2. The molecule has 0 radical (unpaired) electrons. The van der Waals surface area contributed by atoms with Gasteiger partial charge in [0.2, 0.25) is 5.91 Å². The van der Waals surface area contributed by atoms with Crippen LogP contribution in [0.5, 0.6) is 11.5 Å². The molecule has 4 aromatic rings. The molecule has 29 heavy (non-hydrogen) atoms. The third-order valence-electron chi connectivity index (χ3n) is 4.54. The van der Waals surface area contributed by atoms with Crippen molar-refractivity contribution in [3.63, 3.8) is 0 Å². The first-order valence-electron chi connectivity index (χ1n) is 8.98. The molecule has 2 heterocycles. The zero-order valence-corrected chi connectivity index (χ0v) is 17.1. The minimum atomic E-state index is -0.115. The van der Waals surface area contributed by atoms with Crippen molar-refractivity contribution in [2.75, 3.05) is 25.3 Å². The van der Waals surface area contributed by atoms with Gasteiger partial charge in [0, 0.05) is 11.1 Å². The highest BCUT2D eigenvalue weighted by Crippen LogP contribution is 2.28. The molecule has 0 aliphatic rings. The van der Waals surface area contributed by atoms with Crippen molar-refractivity contribution in [2.24, 2.45) is 0 Å². The van der Waals surface area contributed by atoms with E-state index in [2.05, 4.69) is 21.6 Å². The van der Waals surface area contributed by atoms with E-state index in [1.54, 1.807) is 38.5 Å². The second kappa shape index (κ2) is 8.00. The maximum atomic E-state index is 12.4. The van der Waals surface area contributed by atoms with Gasteiger partial charge in [-0.2, -0.15) is 0 Å². The summed E-state index contributed by atoms with van der Waals surface area (Å²) in [7, 11) is 3.25. The maximum Gasteiger partial charge on any atom is 0.234 e. The second-order valence-electron chi connectivity index (χ2n) is 6.46. The number of anilines is 1. The summed E-state index contributed by atoms with van der Waals surface area (Å²) in [4.78, 5) is 12.4. The Morgan fingerprint density at radius 1 is 1.03 bits per heavy atom. The summed E-state index contributed by atoms with van der Waals surface area (Å²) in [6.07, 6.45) is 0. The van der Waals surface area contributed by atoms with Crippen LogP contribution < -0.4 is 14.8 Å². The van der Waals surface area contributed by atoms with Crippen molar-refractivity contribution in [3.8, 4) is 11.5 Å². The minimum Gasteiger partial charge on any atom is -0.497 e. The van der Waals surface area contributed by atoms with Gasteiger partial charge in [0.1, 0.15) is 11.5 Å². The largest absolute Gasteiger partial charge is 0.497 e. The third kappa shape index (κ3) is 3.84. The van der Waals surface area contributed by atoms with E-state index in [1.165, 1.54) is 11.8 Å². The zero-order chi connectivity index (χ0) is 20.4. The van der Waals surface area contributed by atoms with Crippen LogP contribution in [0, 0.1) is 6.92 Å². The first-order valence-corrected chi connectivity index (χ1v) is 9.97. The third-order valence-corrected chi connectivity index (χ3v) is 5.47. The first-order chi connectivity index (χ1) is 14.1. The molecule has 2 aromatic carbocycles. The average Bonchev–Trinajstić information content (AvgIpc) is 3.17. The van der Waals surface area contributed by atoms with Gasteiger partial charge in [-0.15, -0.1) is 10.2 Å². The van der Waals surface area contributed by atoms with Gasteiger partial charge in [0.15, 0.2) is 10.8 Å². The van der Waals surface area contributed by atoms with Crippen molar-refractivity contribution in [1.29, 1.82) is 0 Å². The SMILES string of the molecule is COc1ccc(NC(=O)CSc2nnc3c(C)cc4cc(OC)ccc4n23)cc1. The number of carbonyl (C=O) groups is 1. The number of thioether (sulfide) groups is 1. The number of rotatable bonds is 6. The summed E-state index contributed by atoms with van der Waals surface area (Å²) in [6, 6.07) is 15.1. The molecule has 0 spiro atoms. The van der Waals surface area contributed by atoms with Crippen molar-refractivity contribution < 1.29 is 14.3 Å². The van der Waals surface area contributed by atoms with Crippen LogP contribution in [0.3, 0.4) is 0 Å². The molecule has 0 aliphatic heterocycles. The van der Waals surface area contributed by atoms with Crippen LogP contribution in [0.1, 0.15) is 5.56 Å². The Balaban J connectivity index is 1.56. The molecule has 0 saturated heterocycles. The summed E-state index contributed by atoms with van der Waals surface area (Å²) in [5.41, 5.74) is 3.47. The Morgan fingerprint density at radius 3 is 2.48 bits per heavy atom. The number of nitrogens with zero attached hydrogens (tertiary/aromatic N) is 3. The molecule has 0 unspecified atom stereocenters. The van der Waals surface area contributed by atoms with E-state index in [-0.39, 0.29) is 11.7 Å². The van der Waals surface area contributed by atoms with Gasteiger partial charge in [0.05, 0.1) is 25.5 Å². The standard InChI is InChI=1S/C21H20N4O3S/c1-13-10-14-11-17(28-3)8-9-18(14)25-20(13)23-24-21(25)29-12-19(26)22-15-4-6-16(27-2)7-5-15/h4-11H,12H2,1-3H3,(H,22,26). The van der Waals surface area contributed by atoms with Crippen molar-refractivity contribution in [2.45, 2.75) is 12.1 Å². The molecule has 1 N–H and O–H groups in total. The van der Waals surface area contributed by atoms with Crippen molar-refractivity contribution >= 4 is 39.9 Å². The molecule has 8 heteroatoms. The lowest BCUT2D eigenvalue weighted by Gasteiger charge is -2.09. The number of nitrogens with one attached hydrogen (secondary N) is 1. The summed E-state index contributed by atoms with van der Waals surface area (Å²) >= 11 is 1.35. The van der Waals surface area contributed by atoms with Gasteiger partial charge in [-0.25, -0.2) is 0 Å². The molecule has 0 atom stereocenters. The Labute approximate surface area is 172 Å². The Morgan fingerprint density at radius 2 is 1.76 bits per heavy atom. The molecule has 0 saturated carbocycles. The Hall–Kier alpha value is -3.26. The predicted octanol–water partition coefficient (Wildman–Crippen LogP) is 3.94. The molecule has 0 bridgehead atoms. The van der Waals surface area contributed by atoms with Gasteiger partial charge in [-0.1, -0.05) is 11.8 Å². The van der Waals surface area contributed by atoms with Crippen LogP contribution in [0.15, 0.2) is 53.7 Å². The van der Waals surface area contributed by atoms with E-state index in [4.69, 9.17) is 9.47 Å². The van der Waals surface area contributed by atoms with E-state index in [9.17, 15) is 4.79 Å². The highest BCUT2D eigenvalue weighted by Gasteiger charge is 2.14. The smallest absolute Gasteiger partial charge is 0.234 e. The lowest BCUT2D eigenvalue weighted by atomic mass is 10.1. The van der Waals surface area contributed by atoms with Crippen LogP contribution in [0.2, 0.25) is 0 Å². The van der Waals surface area contributed by atoms with Gasteiger partial charge in [-0.3, -0.25) is 9.20 Å². The second-order valence-corrected chi connectivity index (χ2v) is 7.40. The van der Waals surface area contributed by atoms with E-state index in [1.807, 2.05) is 29.5 Å². The van der Waals surface area contributed by atoms with Crippen molar-refractivity contribution in [3.05, 3.63) is 54.1 Å². The molecular formula is C21H20N4O3S. The molecule has 0 aliphatic carbocycles. The summed E-state index contributed by atoms with van der Waals surface area (Å²) in [6.45, 7) is 1.99. The van der Waals surface area contributed by atoms with Gasteiger partial charge in [0.25, 0.3) is 0 Å². The van der Waals surface area contributed by atoms with Gasteiger partial charge in [-0.05, 0) is 61.0 Å². The van der Waals surface area contributed by atoms with E-state index < -0.39 is 0 Å². The minimum absolute atomic E-state index is 0.115. The topological polar surface area (TPSA) is 77.8 Å². The monoisotopic (exact) mass is 408 g/mol. The molecule has 1 amide bonds. The molecule has 0 fully saturated rings. The molecule has 148 valence electrons. The Kier molecular flexibility index (Phi) is 5.26. The fourth-order valence-electron chi connectivity index (χ4n) is 3.11. The molecular weight excluding hydrogens is 388 g/mol. The number of amides is 1. The number of pyridine rings is 1. The number of aromatic nitrogens is 3. The van der Waals surface area contributed by atoms with Gasteiger partial charge >= 0.3 is 0 Å². The highest BCUT2D eigenvalue weighted by atomic mass is 32.2. The number of carbonyl (C=O) groups excluding carboxylic acids is 1. The molecule has 7 nitrogen and oxygen atoms in total. The quantitative estimate of drug-likeness (QED) is 0.487. The van der Waals surface area contributed by atoms with Crippen LogP contribution in [0.25, 0.3) is 16.6 Å². The van der Waals surface area contributed by atoms with Crippen LogP contribution in [-0.4, -0.2) is 40.5 Å². The van der Waals surface area contributed by atoms with Crippen LogP contribution >= 0.6 is 11.8 Å². The molecule has 4 rings (SSSR count). The van der Waals surface area contributed by atoms with Crippen LogP contribution in [-0.2, 0) is 4.79 Å². The first kappa shape index (κ1) is 19.1. The number of fused-ring (bicyclic) bond motifs is 3. The van der Waals surface area contributed by atoms with Crippen molar-refractivity contribution in [1.82, 2.24) is 14.6 Å². The normalized spacial score (nSPS) is 11.0. The lowest BCUT2D eigenvalue weighted by molar-refractivity contribution is -0.113. The summed E-state index contributed by atoms with van der Waals surface area (Å²) in [5, 5.41) is 13.2. The summed E-state index contributed by atoms with van der Waals surface area (Å²) in [5.74, 6) is 1.64. The van der Waals surface area contributed by atoms with E-state index in [0.717, 1.165) is 39.3 Å². The van der Waals surface area contributed by atoms with E-state index >= 15 is 0 Å². The predicted molar refractivity (Wildman–Crippen MR) is 114 cm³/mol. The fourth-order valence-corrected chi connectivity index (χ4v) is 3.86. The number of benzene rings is 2. The number of hydrogen-bond donors (Lipinski definition) is 1. The number of hydrogen-bond acceptors (Lipinski definition) is 6. The molecule has 2 aromatic heterocycles. The fraction of sp³-hybridized carbons (Fsp3) is 0.190.